The van der Waals surface area contributed by atoms with E-state index in [-0.39, 0.29) is 0 Å². The van der Waals surface area contributed by atoms with Crippen molar-refractivity contribution in [3.05, 3.63) is 30.3 Å². The molecule has 5 heteroatoms. The molecule has 1 fully saturated rings. The zero-order valence-corrected chi connectivity index (χ0v) is 15.9. The first kappa shape index (κ1) is 19.1. The Kier molecular flexibility index (Phi) is 9.06. The van der Waals surface area contributed by atoms with Crippen LogP contribution in [0.4, 0.5) is 0 Å². The van der Waals surface area contributed by atoms with Gasteiger partial charge in [0.15, 0.2) is 5.96 Å². The van der Waals surface area contributed by atoms with Gasteiger partial charge in [0.05, 0.1) is 0 Å². The fraction of sp³-hybridized carbons (Fsp3) is 0.632. The smallest absolute Gasteiger partial charge is 0.191 e. The maximum Gasteiger partial charge on any atom is 0.191 e. The van der Waals surface area contributed by atoms with E-state index < -0.39 is 0 Å². The van der Waals surface area contributed by atoms with Gasteiger partial charge in [-0.25, -0.2) is 0 Å². The van der Waals surface area contributed by atoms with Gasteiger partial charge in [0.25, 0.3) is 0 Å². The molecule has 2 rings (SSSR count). The van der Waals surface area contributed by atoms with Crippen LogP contribution in [0.25, 0.3) is 0 Å². The number of guanidine groups is 1. The van der Waals surface area contributed by atoms with E-state index in [0.717, 1.165) is 30.7 Å². The van der Waals surface area contributed by atoms with Crippen molar-refractivity contribution in [2.24, 2.45) is 10.9 Å². The van der Waals surface area contributed by atoms with Gasteiger partial charge in [0.2, 0.25) is 0 Å². The number of benzene rings is 1. The van der Waals surface area contributed by atoms with Crippen LogP contribution in [0.2, 0.25) is 0 Å². The van der Waals surface area contributed by atoms with E-state index in [2.05, 4.69) is 57.8 Å². The molecule has 134 valence electrons. The molecule has 4 nitrogen and oxygen atoms in total. The second kappa shape index (κ2) is 11.4. The Morgan fingerprint density at radius 3 is 2.62 bits per heavy atom. The van der Waals surface area contributed by atoms with Gasteiger partial charge < -0.3 is 15.5 Å². The highest BCUT2D eigenvalue weighted by Gasteiger charge is 2.18. The molecule has 0 unspecified atom stereocenters. The number of likely N-dealkylation sites (tertiary alicyclic amines) is 1. The van der Waals surface area contributed by atoms with E-state index in [1.165, 1.54) is 43.8 Å². The molecule has 0 saturated carbocycles. The van der Waals surface area contributed by atoms with Crippen molar-refractivity contribution in [3.8, 4) is 0 Å². The maximum absolute atomic E-state index is 4.34. The van der Waals surface area contributed by atoms with E-state index in [9.17, 15) is 0 Å². The molecule has 0 aliphatic carbocycles. The lowest BCUT2D eigenvalue weighted by Crippen LogP contribution is -2.43. The number of nitrogens with zero attached hydrogens (tertiary/aromatic N) is 2. The monoisotopic (exact) mass is 348 g/mol. The van der Waals surface area contributed by atoms with Gasteiger partial charge in [-0.1, -0.05) is 25.1 Å². The number of rotatable bonds is 8. The third-order valence-corrected chi connectivity index (χ3v) is 5.45. The van der Waals surface area contributed by atoms with Gasteiger partial charge in [-0.3, -0.25) is 4.99 Å². The summed E-state index contributed by atoms with van der Waals surface area (Å²) < 4.78 is 0. The third kappa shape index (κ3) is 7.14. The van der Waals surface area contributed by atoms with Gasteiger partial charge in [0.1, 0.15) is 0 Å². The van der Waals surface area contributed by atoms with Crippen LogP contribution in [-0.2, 0) is 0 Å². The van der Waals surface area contributed by atoms with Crippen LogP contribution in [0.1, 0.15) is 26.2 Å². The third-order valence-electron chi connectivity index (χ3n) is 4.44. The highest BCUT2D eigenvalue weighted by molar-refractivity contribution is 7.99. The number of thioether (sulfide) groups is 1. The number of nitrogens with one attached hydrogen (secondary N) is 2. The molecule has 0 amide bonds. The molecule has 1 aliphatic rings. The Bertz CT molecular complexity index is 470. The number of hydrogen-bond acceptors (Lipinski definition) is 3. The van der Waals surface area contributed by atoms with Gasteiger partial charge in [-0.15, -0.1) is 11.8 Å². The first-order valence-electron chi connectivity index (χ1n) is 9.16. The second-order valence-electron chi connectivity index (χ2n) is 6.33. The molecule has 1 aromatic carbocycles. The molecule has 0 atom stereocenters. The highest BCUT2D eigenvalue weighted by atomic mass is 32.2. The normalized spacial score (nSPS) is 17.0. The minimum absolute atomic E-state index is 0.773. The molecule has 0 bridgehead atoms. The Morgan fingerprint density at radius 2 is 1.96 bits per heavy atom. The standard InChI is InChI=1S/C19H32N4S/c1-3-12-23-13-9-17(10-14-23)16-22-19(20-2)21-11-15-24-18-7-5-4-6-8-18/h4-8,17H,3,9-16H2,1-2H3,(H2,20,21,22). The van der Waals surface area contributed by atoms with Gasteiger partial charge in [0, 0.05) is 30.8 Å². The summed E-state index contributed by atoms with van der Waals surface area (Å²) in [5.74, 6) is 2.75. The number of piperidine rings is 1. The fourth-order valence-corrected chi connectivity index (χ4v) is 3.84. The summed E-state index contributed by atoms with van der Waals surface area (Å²) in [5, 5.41) is 6.91. The van der Waals surface area contributed by atoms with Crippen molar-refractivity contribution in [2.75, 3.05) is 45.5 Å². The van der Waals surface area contributed by atoms with Crippen LogP contribution in [0, 0.1) is 5.92 Å². The molecular formula is C19H32N4S. The average Bonchev–Trinajstić information content (AvgIpc) is 2.63. The van der Waals surface area contributed by atoms with Crippen molar-refractivity contribution in [3.63, 3.8) is 0 Å². The van der Waals surface area contributed by atoms with Crippen LogP contribution in [-0.4, -0.2) is 56.4 Å². The lowest BCUT2D eigenvalue weighted by atomic mass is 9.97. The number of aliphatic imine (C=N–C) groups is 1. The molecule has 24 heavy (non-hydrogen) atoms. The Morgan fingerprint density at radius 1 is 1.21 bits per heavy atom. The van der Waals surface area contributed by atoms with E-state index in [1.54, 1.807) is 0 Å². The molecule has 1 heterocycles. The van der Waals surface area contributed by atoms with Crippen LogP contribution < -0.4 is 10.6 Å². The van der Waals surface area contributed by atoms with Crippen molar-refractivity contribution < 1.29 is 0 Å². The molecule has 2 N–H and O–H groups in total. The number of hydrogen-bond donors (Lipinski definition) is 2. The van der Waals surface area contributed by atoms with Gasteiger partial charge in [-0.05, 0) is 56.9 Å². The molecule has 0 aromatic heterocycles. The van der Waals surface area contributed by atoms with E-state index in [4.69, 9.17) is 0 Å². The minimum atomic E-state index is 0.773. The lowest BCUT2D eigenvalue weighted by molar-refractivity contribution is 0.185. The van der Waals surface area contributed by atoms with Crippen molar-refractivity contribution in [1.82, 2.24) is 15.5 Å². The summed E-state index contributed by atoms with van der Waals surface area (Å²) in [7, 11) is 1.85. The Balaban J connectivity index is 1.57. The predicted octanol–water partition coefficient (Wildman–Crippen LogP) is 3.07. The molecule has 1 saturated heterocycles. The minimum Gasteiger partial charge on any atom is -0.356 e. The average molecular weight is 349 g/mol. The molecular weight excluding hydrogens is 316 g/mol. The van der Waals surface area contributed by atoms with Crippen LogP contribution in [0.3, 0.4) is 0 Å². The molecule has 1 aliphatic heterocycles. The topological polar surface area (TPSA) is 39.7 Å². The highest BCUT2D eigenvalue weighted by Crippen LogP contribution is 2.17. The first-order chi connectivity index (χ1) is 11.8. The quantitative estimate of drug-likeness (QED) is 0.328. The Labute approximate surface area is 151 Å². The molecule has 1 aromatic rings. The summed E-state index contributed by atoms with van der Waals surface area (Å²) in [6.07, 6.45) is 3.86. The zero-order valence-electron chi connectivity index (χ0n) is 15.1. The fourth-order valence-electron chi connectivity index (χ4n) is 3.05. The SMILES string of the molecule is CCCN1CCC(CNC(=NC)NCCSc2ccccc2)CC1. The molecule has 0 spiro atoms. The Hall–Kier alpha value is -1.20. The summed E-state index contributed by atoms with van der Waals surface area (Å²) in [6.45, 7) is 7.97. The van der Waals surface area contributed by atoms with E-state index in [0.29, 0.717) is 0 Å². The van der Waals surface area contributed by atoms with E-state index >= 15 is 0 Å². The lowest BCUT2D eigenvalue weighted by Gasteiger charge is -2.32. The van der Waals surface area contributed by atoms with Crippen LogP contribution >= 0.6 is 11.8 Å². The van der Waals surface area contributed by atoms with Gasteiger partial charge in [-0.2, -0.15) is 0 Å². The molecule has 0 radical (unpaired) electrons. The summed E-state index contributed by atoms with van der Waals surface area (Å²) in [6, 6.07) is 10.5. The summed E-state index contributed by atoms with van der Waals surface area (Å²) in [4.78, 5) is 8.24. The van der Waals surface area contributed by atoms with E-state index in [1.807, 2.05) is 18.8 Å². The van der Waals surface area contributed by atoms with Crippen molar-refractivity contribution >= 4 is 17.7 Å². The van der Waals surface area contributed by atoms with Crippen molar-refractivity contribution in [2.45, 2.75) is 31.1 Å². The predicted molar refractivity (Wildman–Crippen MR) is 106 cm³/mol. The summed E-state index contributed by atoms with van der Waals surface area (Å²) >= 11 is 1.87. The van der Waals surface area contributed by atoms with Gasteiger partial charge >= 0.3 is 0 Å². The summed E-state index contributed by atoms with van der Waals surface area (Å²) in [5.41, 5.74) is 0. The second-order valence-corrected chi connectivity index (χ2v) is 7.49. The van der Waals surface area contributed by atoms with Crippen LogP contribution in [0.15, 0.2) is 40.2 Å². The van der Waals surface area contributed by atoms with Crippen molar-refractivity contribution in [1.29, 1.82) is 0 Å². The zero-order chi connectivity index (χ0) is 17.0. The maximum atomic E-state index is 4.34. The van der Waals surface area contributed by atoms with Crippen LogP contribution in [0.5, 0.6) is 0 Å². The first-order valence-corrected chi connectivity index (χ1v) is 10.1. The largest absolute Gasteiger partial charge is 0.356 e.